The van der Waals surface area contributed by atoms with Gasteiger partial charge < -0.3 is 20.1 Å². The van der Waals surface area contributed by atoms with Crippen molar-refractivity contribution in [3.05, 3.63) is 54.6 Å². The van der Waals surface area contributed by atoms with Gasteiger partial charge in [-0.15, -0.1) is 0 Å². The van der Waals surface area contributed by atoms with Crippen molar-refractivity contribution in [1.29, 1.82) is 0 Å². The van der Waals surface area contributed by atoms with Gasteiger partial charge >= 0.3 is 5.97 Å². The Bertz CT molecular complexity index is 823. The highest BCUT2D eigenvalue weighted by atomic mass is 16.6. The molecule has 0 unspecified atom stereocenters. The number of anilines is 2. The van der Waals surface area contributed by atoms with Crippen LogP contribution >= 0.6 is 0 Å². The predicted octanol–water partition coefficient (Wildman–Crippen LogP) is 4.44. The lowest BCUT2D eigenvalue weighted by Gasteiger charge is -2.30. The quantitative estimate of drug-likeness (QED) is 0.630. The molecule has 2 aromatic carbocycles. The van der Waals surface area contributed by atoms with Crippen molar-refractivity contribution in [3.8, 4) is 5.75 Å². The van der Waals surface area contributed by atoms with E-state index >= 15 is 0 Å². The van der Waals surface area contributed by atoms with Gasteiger partial charge in [-0.25, -0.2) is 4.79 Å². The van der Waals surface area contributed by atoms with Crippen molar-refractivity contribution in [1.82, 2.24) is 5.32 Å². The van der Waals surface area contributed by atoms with E-state index in [9.17, 15) is 9.59 Å². The summed E-state index contributed by atoms with van der Waals surface area (Å²) in [6.07, 6.45) is 3.58. The largest absolute Gasteiger partial charge is 0.482 e. The van der Waals surface area contributed by atoms with E-state index in [1.54, 1.807) is 19.1 Å². The molecule has 1 saturated carbocycles. The maximum absolute atomic E-state index is 12.3. The van der Waals surface area contributed by atoms with Crippen LogP contribution < -0.4 is 15.4 Å². The molecule has 30 heavy (non-hydrogen) atoms. The lowest BCUT2D eigenvalue weighted by molar-refractivity contribution is -0.157. The summed E-state index contributed by atoms with van der Waals surface area (Å²) in [5.74, 6) is 0.186. The van der Waals surface area contributed by atoms with Gasteiger partial charge in [0.25, 0.3) is 5.91 Å². The fraction of sp³-hybridized carbons (Fsp3) is 0.417. The van der Waals surface area contributed by atoms with Crippen molar-refractivity contribution in [3.63, 3.8) is 0 Å². The van der Waals surface area contributed by atoms with Gasteiger partial charge in [0.2, 0.25) is 0 Å². The highest BCUT2D eigenvalue weighted by Gasteiger charge is 2.26. The van der Waals surface area contributed by atoms with E-state index in [-0.39, 0.29) is 18.6 Å². The summed E-state index contributed by atoms with van der Waals surface area (Å²) in [7, 11) is 0. The van der Waals surface area contributed by atoms with E-state index in [1.807, 2.05) is 42.5 Å². The van der Waals surface area contributed by atoms with Crippen LogP contribution in [0.3, 0.4) is 0 Å². The van der Waals surface area contributed by atoms with Gasteiger partial charge in [-0.2, -0.15) is 0 Å². The van der Waals surface area contributed by atoms with Gasteiger partial charge in [0, 0.05) is 17.4 Å². The molecule has 6 heteroatoms. The fourth-order valence-corrected chi connectivity index (χ4v) is 3.58. The molecule has 0 saturated heterocycles. The van der Waals surface area contributed by atoms with Crippen LogP contribution in [0.2, 0.25) is 0 Å². The highest BCUT2D eigenvalue weighted by molar-refractivity contribution is 5.84. The maximum atomic E-state index is 12.3. The number of esters is 1. The molecule has 0 bridgehead atoms. The molecule has 2 aromatic rings. The number of carbonyl (C=O) groups is 2. The van der Waals surface area contributed by atoms with Gasteiger partial charge in [-0.1, -0.05) is 38.0 Å². The summed E-state index contributed by atoms with van der Waals surface area (Å²) >= 11 is 0. The Morgan fingerprint density at radius 2 is 1.67 bits per heavy atom. The van der Waals surface area contributed by atoms with E-state index in [4.69, 9.17) is 9.47 Å². The molecule has 1 aliphatic carbocycles. The second-order valence-corrected chi connectivity index (χ2v) is 7.81. The molecule has 0 radical (unpaired) electrons. The van der Waals surface area contributed by atoms with Crippen molar-refractivity contribution in [2.75, 3.05) is 11.9 Å². The molecule has 2 N–H and O–H groups in total. The summed E-state index contributed by atoms with van der Waals surface area (Å²) in [6.45, 7) is 3.49. The first-order chi connectivity index (χ1) is 14.5. The van der Waals surface area contributed by atoms with E-state index in [2.05, 4.69) is 17.6 Å². The second kappa shape index (κ2) is 10.7. The molecule has 3 atom stereocenters. The summed E-state index contributed by atoms with van der Waals surface area (Å²) in [6, 6.07) is 17.3. The Kier molecular flexibility index (Phi) is 7.71. The van der Waals surface area contributed by atoms with Gasteiger partial charge in [-0.05, 0) is 62.1 Å². The minimum Gasteiger partial charge on any atom is -0.482 e. The van der Waals surface area contributed by atoms with Crippen LogP contribution in [-0.2, 0) is 14.3 Å². The normalized spacial score (nSPS) is 19.4. The minimum atomic E-state index is -0.840. The Hall–Kier alpha value is -3.02. The van der Waals surface area contributed by atoms with E-state index in [1.165, 1.54) is 6.42 Å². The smallest absolute Gasteiger partial charge is 0.344 e. The monoisotopic (exact) mass is 410 g/mol. The lowest BCUT2D eigenvalue weighted by Crippen LogP contribution is -2.46. The molecule has 0 spiro atoms. The summed E-state index contributed by atoms with van der Waals surface area (Å²) in [4.78, 5) is 24.4. The zero-order chi connectivity index (χ0) is 21.3. The van der Waals surface area contributed by atoms with Crippen LogP contribution in [-0.4, -0.2) is 30.6 Å². The number of rotatable bonds is 8. The Balaban J connectivity index is 1.40. The zero-order valence-electron chi connectivity index (χ0n) is 17.6. The molecule has 1 aliphatic rings. The Morgan fingerprint density at radius 3 is 2.37 bits per heavy atom. The number of benzene rings is 2. The average molecular weight is 411 g/mol. The molecule has 6 nitrogen and oxygen atoms in total. The van der Waals surface area contributed by atoms with E-state index in [0.717, 1.165) is 30.6 Å². The number of ether oxygens (including phenoxy) is 2. The molecule has 0 aromatic heterocycles. The number of amides is 1. The minimum absolute atomic E-state index is 0.159. The first-order valence-corrected chi connectivity index (χ1v) is 10.6. The molecule has 160 valence electrons. The molecular weight excluding hydrogens is 380 g/mol. The van der Waals surface area contributed by atoms with Crippen molar-refractivity contribution < 1.29 is 19.1 Å². The first kappa shape index (κ1) is 21.7. The van der Waals surface area contributed by atoms with Crippen LogP contribution in [0.4, 0.5) is 11.4 Å². The van der Waals surface area contributed by atoms with E-state index in [0.29, 0.717) is 11.7 Å². The Labute approximate surface area is 178 Å². The predicted molar refractivity (Wildman–Crippen MR) is 117 cm³/mol. The number of para-hydroxylation sites is 1. The van der Waals surface area contributed by atoms with Gasteiger partial charge in [-0.3, -0.25) is 4.79 Å². The Morgan fingerprint density at radius 1 is 1.00 bits per heavy atom. The number of hydrogen-bond donors (Lipinski definition) is 2. The van der Waals surface area contributed by atoms with Crippen LogP contribution in [0.25, 0.3) is 0 Å². The third-order valence-electron chi connectivity index (χ3n) is 5.39. The average Bonchev–Trinajstić information content (AvgIpc) is 2.75. The standard InChI is InChI=1S/C24H30N2O4/c1-17-8-6-7-11-22(17)26-24(28)18(2)30-23(27)16-29-21-14-12-20(13-15-21)25-19-9-4-3-5-10-19/h3-5,9-10,12-15,17-18,22,25H,6-8,11,16H2,1-2H3,(H,26,28)/t17-,18-,22+/m0/s1. The lowest BCUT2D eigenvalue weighted by atomic mass is 9.86. The highest BCUT2D eigenvalue weighted by Crippen LogP contribution is 2.24. The molecule has 3 rings (SSSR count). The van der Waals surface area contributed by atoms with Crippen LogP contribution in [0.5, 0.6) is 5.75 Å². The SMILES string of the molecule is C[C@H](OC(=O)COc1ccc(Nc2ccccc2)cc1)C(=O)N[C@@H]1CCCC[C@@H]1C. The van der Waals surface area contributed by atoms with Crippen molar-refractivity contribution >= 4 is 23.3 Å². The molecule has 1 amide bonds. The summed E-state index contributed by atoms with van der Waals surface area (Å²) in [5, 5.41) is 6.29. The van der Waals surface area contributed by atoms with Crippen LogP contribution in [0.15, 0.2) is 54.6 Å². The third-order valence-corrected chi connectivity index (χ3v) is 5.39. The van der Waals surface area contributed by atoms with Crippen LogP contribution in [0, 0.1) is 5.92 Å². The van der Waals surface area contributed by atoms with Crippen molar-refractivity contribution in [2.45, 2.75) is 51.7 Å². The maximum Gasteiger partial charge on any atom is 0.344 e. The van der Waals surface area contributed by atoms with Gasteiger partial charge in [0.1, 0.15) is 5.75 Å². The zero-order valence-corrected chi connectivity index (χ0v) is 17.6. The third kappa shape index (κ3) is 6.51. The van der Waals surface area contributed by atoms with Crippen molar-refractivity contribution in [2.24, 2.45) is 5.92 Å². The molecule has 0 aliphatic heterocycles. The van der Waals surface area contributed by atoms with Gasteiger partial charge in [0.15, 0.2) is 12.7 Å². The van der Waals surface area contributed by atoms with Gasteiger partial charge in [0.05, 0.1) is 0 Å². The summed E-state index contributed by atoms with van der Waals surface area (Å²) < 4.78 is 10.7. The molecule has 0 heterocycles. The number of nitrogens with one attached hydrogen (secondary N) is 2. The number of hydrogen-bond acceptors (Lipinski definition) is 5. The van der Waals surface area contributed by atoms with Crippen LogP contribution in [0.1, 0.15) is 39.5 Å². The molecular formula is C24H30N2O4. The first-order valence-electron chi connectivity index (χ1n) is 10.6. The summed E-state index contributed by atoms with van der Waals surface area (Å²) in [5.41, 5.74) is 1.91. The number of carbonyl (C=O) groups excluding carboxylic acids is 2. The topological polar surface area (TPSA) is 76.7 Å². The van der Waals surface area contributed by atoms with E-state index < -0.39 is 12.1 Å². The second-order valence-electron chi connectivity index (χ2n) is 7.81. The fourth-order valence-electron chi connectivity index (χ4n) is 3.58. The molecule has 1 fully saturated rings.